The number of carbonyl (C=O) groups is 2. The maximum absolute atomic E-state index is 13.8. The van der Waals surface area contributed by atoms with Gasteiger partial charge in [-0.25, -0.2) is 4.98 Å². The number of nitrogens with zero attached hydrogens (tertiary/aromatic N) is 3. The highest BCUT2D eigenvalue weighted by Crippen LogP contribution is 2.35. The number of carbonyl (C=O) groups excluding carboxylic acids is 2. The summed E-state index contributed by atoms with van der Waals surface area (Å²) in [4.78, 5) is 34.3. The average molecular weight is 554 g/mol. The van der Waals surface area contributed by atoms with Gasteiger partial charge < -0.3 is 19.6 Å². The SMILES string of the molecule is Cc1ncsc1-c1ccc(C(CO)CC(=O)C2CC(O)CN2C(=O)C(c2cc(C(C)(C)C)no2)C(C)C)cc1. The van der Waals surface area contributed by atoms with Gasteiger partial charge in [-0.05, 0) is 24.0 Å². The molecule has 0 spiro atoms. The third-order valence-electron chi connectivity index (χ3n) is 7.53. The number of aliphatic hydroxyl groups is 2. The number of rotatable bonds is 9. The number of hydrogen-bond acceptors (Lipinski definition) is 8. The molecule has 3 aromatic rings. The fourth-order valence-electron chi connectivity index (χ4n) is 5.22. The van der Waals surface area contributed by atoms with Crippen LogP contribution < -0.4 is 0 Å². The predicted molar refractivity (Wildman–Crippen MR) is 151 cm³/mol. The summed E-state index contributed by atoms with van der Waals surface area (Å²) in [6.45, 7) is 11.8. The number of aromatic nitrogens is 2. The minimum Gasteiger partial charge on any atom is -0.396 e. The zero-order valence-electron chi connectivity index (χ0n) is 23.5. The van der Waals surface area contributed by atoms with Crippen molar-refractivity contribution >= 4 is 23.0 Å². The fourth-order valence-corrected chi connectivity index (χ4v) is 6.03. The largest absolute Gasteiger partial charge is 0.396 e. The summed E-state index contributed by atoms with van der Waals surface area (Å²) in [5, 5.41) is 24.8. The molecule has 0 aliphatic carbocycles. The molecule has 0 radical (unpaired) electrons. The molecule has 39 heavy (non-hydrogen) atoms. The molecular formula is C30H39N3O5S. The highest BCUT2D eigenvalue weighted by atomic mass is 32.1. The molecule has 210 valence electrons. The smallest absolute Gasteiger partial charge is 0.234 e. The molecular weight excluding hydrogens is 514 g/mol. The second-order valence-electron chi connectivity index (χ2n) is 11.9. The summed E-state index contributed by atoms with van der Waals surface area (Å²) >= 11 is 1.57. The summed E-state index contributed by atoms with van der Waals surface area (Å²) in [6.07, 6.45) is -0.537. The van der Waals surface area contributed by atoms with E-state index >= 15 is 0 Å². The van der Waals surface area contributed by atoms with Crippen LogP contribution in [0.4, 0.5) is 0 Å². The molecule has 4 atom stereocenters. The molecule has 0 saturated carbocycles. The van der Waals surface area contributed by atoms with Gasteiger partial charge in [-0.2, -0.15) is 0 Å². The average Bonchev–Trinajstić information content (AvgIpc) is 3.62. The van der Waals surface area contributed by atoms with Crippen LogP contribution in [-0.2, 0) is 15.0 Å². The zero-order chi connectivity index (χ0) is 28.5. The Hall–Kier alpha value is -2.88. The van der Waals surface area contributed by atoms with Crippen LogP contribution in [0.2, 0.25) is 0 Å². The van der Waals surface area contributed by atoms with Gasteiger partial charge in [-0.3, -0.25) is 9.59 Å². The third kappa shape index (κ3) is 6.31. The fraction of sp³-hybridized carbons (Fsp3) is 0.533. The van der Waals surface area contributed by atoms with Crippen LogP contribution in [-0.4, -0.2) is 62.2 Å². The van der Waals surface area contributed by atoms with Gasteiger partial charge in [0.25, 0.3) is 0 Å². The Morgan fingerprint density at radius 2 is 1.90 bits per heavy atom. The normalized spacial score (nSPS) is 19.5. The van der Waals surface area contributed by atoms with E-state index in [0.717, 1.165) is 27.4 Å². The molecule has 9 heteroatoms. The Kier molecular flexibility index (Phi) is 8.73. The zero-order valence-corrected chi connectivity index (χ0v) is 24.4. The molecule has 1 aliphatic heterocycles. The number of Topliss-reactive ketones (excluding diaryl/α,β-unsaturated/α-hetero) is 1. The number of ketones is 1. The van der Waals surface area contributed by atoms with Crippen LogP contribution in [0.25, 0.3) is 10.4 Å². The topological polar surface area (TPSA) is 117 Å². The van der Waals surface area contributed by atoms with E-state index in [4.69, 9.17) is 4.52 Å². The minimum atomic E-state index is -0.787. The maximum Gasteiger partial charge on any atom is 0.234 e. The van der Waals surface area contributed by atoms with Crippen molar-refractivity contribution in [1.29, 1.82) is 0 Å². The third-order valence-corrected chi connectivity index (χ3v) is 8.51. The molecule has 0 bridgehead atoms. The first-order valence-electron chi connectivity index (χ1n) is 13.5. The Balaban J connectivity index is 1.51. The lowest BCUT2D eigenvalue weighted by Crippen LogP contribution is -2.44. The summed E-state index contributed by atoms with van der Waals surface area (Å²) in [7, 11) is 0. The summed E-state index contributed by atoms with van der Waals surface area (Å²) in [6, 6.07) is 8.89. The minimum absolute atomic E-state index is 0.0689. The standard InChI is InChI=1S/C30H39N3O5S/c1-17(2)27(25-13-26(32-38-25)30(4,5)6)29(37)33-14-22(35)12-23(33)24(36)11-21(15-34)19-7-9-20(10-8-19)28-18(3)31-16-39-28/h7-10,13,16-17,21-23,27,34-35H,11-12,14-15H2,1-6H3. The number of β-amino-alcohol motifs (C(OH)–C–C–N with tert-alkyl or cyclic N) is 1. The molecule has 4 unspecified atom stereocenters. The van der Waals surface area contributed by atoms with E-state index in [2.05, 4.69) is 10.1 Å². The van der Waals surface area contributed by atoms with Gasteiger partial charge in [0.2, 0.25) is 5.91 Å². The molecule has 8 nitrogen and oxygen atoms in total. The first kappa shape index (κ1) is 29.1. The number of benzene rings is 1. The summed E-state index contributed by atoms with van der Waals surface area (Å²) < 4.78 is 5.62. The lowest BCUT2D eigenvalue weighted by atomic mass is 9.87. The van der Waals surface area contributed by atoms with Crippen molar-refractivity contribution in [3.63, 3.8) is 0 Å². The number of likely N-dealkylation sites (tertiary alicyclic amines) is 1. The molecule has 1 amide bonds. The van der Waals surface area contributed by atoms with Crippen molar-refractivity contribution in [2.45, 2.75) is 83.8 Å². The quantitative estimate of drug-likeness (QED) is 0.389. The predicted octanol–water partition coefficient (Wildman–Crippen LogP) is 4.84. The van der Waals surface area contributed by atoms with Gasteiger partial charge in [0, 0.05) is 36.8 Å². The van der Waals surface area contributed by atoms with Crippen molar-refractivity contribution in [2.24, 2.45) is 5.92 Å². The van der Waals surface area contributed by atoms with Crippen molar-refractivity contribution < 1.29 is 24.3 Å². The number of amides is 1. The van der Waals surface area contributed by atoms with Crippen LogP contribution in [0, 0.1) is 12.8 Å². The Morgan fingerprint density at radius 3 is 2.44 bits per heavy atom. The summed E-state index contributed by atoms with van der Waals surface area (Å²) in [5.41, 5.74) is 5.19. The molecule has 2 aromatic heterocycles. The molecule has 1 aromatic carbocycles. The molecule has 1 fully saturated rings. The summed E-state index contributed by atoms with van der Waals surface area (Å²) in [5.74, 6) is -1.08. The molecule has 1 saturated heterocycles. The van der Waals surface area contributed by atoms with E-state index in [9.17, 15) is 19.8 Å². The van der Waals surface area contributed by atoms with Crippen LogP contribution in [0.15, 0.2) is 40.4 Å². The number of aliphatic hydroxyl groups excluding tert-OH is 2. The highest BCUT2D eigenvalue weighted by Gasteiger charge is 2.43. The number of thiazole rings is 1. The second-order valence-corrected chi connectivity index (χ2v) is 12.8. The Morgan fingerprint density at radius 1 is 1.21 bits per heavy atom. The van der Waals surface area contributed by atoms with E-state index in [1.807, 2.05) is 77.4 Å². The first-order valence-corrected chi connectivity index (χ1v) is 14.4. The van der Waals surface area contributed by atoms with Crippen molar-refractivity contribution in [1.82, 2.24) is 15.0 Å². The second kappa shape index (κ2) is 11.7. The lowest BCUT2D eigenvalue weighted by molar-refractivity contribution is -0.140. The van der Waals surface area contributed by atoms with Crippen LogP contribution in [0.1, 0.15) is 82.0 Å². The molecule has 3 heterocycles. The van der Waals surface area contributed by atoms with Gasteiger partial charge >= 0.3 is 0 Å². The van der Waals surface area contributed by atoms with Gasteiger partial charge in [0.05, 0.1) is 40.5 Å². The Bertz CT molecular complexity index is 1290. The molecule has 4 rings (SSSR count). The van der Waals surface area contributed by atoms with E-state index in [0.29, 0.717) is 5.76 Å². The van der Waals surface area contributed by atoms with E-state index in [1.54, 1.807) is 11.3 Å². The van der Waals surface area contributed by atoms with Crippen molar-refractivity contribution in [3.05, 3.63) is 58.6 Å². The number of aryl methyl sites for hydroxylation is 1. The first-order chi connectivity index (χ1) is 18.4. The van der Waals surface area contributed by atoms with Gasteiger partial charge in [-0.1, -0.05) is 64.0 Å². The lowest BCUT2D eigenvalue weighted by Gasteiger charge is -2.29. The molecule has 2 N–H and O–H groups in total. The van der Waals surface area contributed by atoms with Gasteiger partial charge in [-0.15, -0.1) is 11.3 Å². The van der Waals surface area contributed by atoms with E-state index in [1.165, 1.54) is 4.90 Å². The van der Waals surface area contributed by atoms with E-state index in [-0.39, 0.29) is 49.0 Å². The van der Waals surface area contributed by atoms with Crippen molar-refractivity contribution in [3.8, 4) is 10.4 Å². The van der Waals surface area contributed by atoms with E-state index < -0.39 is 24.0 Å². The van der Waals surface area contributed by atoms with Crippen LogP contribution in [0.5, 0.6) is 0 Å². The maximum atomic E-state index is 13.8. The number of hydrogen-bond donors (Lipinski definition) is 2. The highest BCUT2D eigenvalue weighted by molar-refractivity contribution is 7.13. The van der Waals surface area contributed by atoms with Crippen molar-refractivity contribution in [2.75, 3.05) is 13.2 Å². The van der Waals surface area contributed by atoms with Crippen LogP contribution in [0.3, 0.4) is 0 Å². The van der Waals surface area contributed by atoms with Crippen LogP contribution >= 0.6 is 11.3 Å². The monoisotopic (exact) mass is 553 g/mol. The van der Waals surface area contributed by atoms with Gasteiger partial charge in [0.15, 0.2) is 5.78 Å². The molecule has 1 aliphatic rings. The van der Waals surface area contributed by atoms with Gasteiger partial charge in [0.1, 0.15) is 11.7 Å². The Labute approximate surface area is 234 Å².